The number of pyridine rings is 1. The summed E-state index contributed by atoms with van der Waals surface area (Å²) in [5, 5.41) is 26.3. The van der Waals surface area contributed by atoms with Gasteiger partial charge in [-0.15, -0.1) is 0 Å². The second kappa shape index (κ2) is 39.3. The molecule has 1 aromatic heterocycles. The van der Waals surface area contributed by atoms with Crippen molar-refractivity contribution in [3.63, 3.8) is 0 Å². The maximum atomic E-state index is 15.0. The maximum Gasteiger partial charge on any atom is 0.253 e. The van der Waals surface area contributed by atoms with Gasteiger partial charge in [0, 0.05) is 74.5 Å². The van der Waals surface area contributed by atoms with Gasteiger partial charge in [0.15, 0.2) is 35.9 Å². The summed E-state index contributed by atoms with van der Waals surface area (Å²) in [6.07, 6.45) is 0.00974. The topological polar surface area (TPSA) is 342 Å². The second-order valence-electron chi connectivity index (χ2n) is 27.1. The van der Waals surface area contributed by atoms with Crippen LogP contribution in [-0.4, -0.2) is 218 Å². The number of aliphatic hydroxyl groups is 1. The van der Waals surface area contributed by atoms with Crippen LogP contribution in [0.4, 0.5) is 5.82 Å². The molecule has 0 radical (unpaired) electrons. The highest BCUT2D eigenvalue weighted by atomic mass is 16.5. The lowest BCUT2D eigenvalue weighted by molar-refractivity contribution is -0.176. The molecule has 26 heteroatoms. The number of nitrogens with two attached hydrogens (primary N) is 1. The number of aldehydes is 3. The van der Waals surface area contributed by atoms with E-state index in [1.165, 1.54) is 52.0 Å². The molecule has 0 saturated carbocycles. The molecule has 2 heterocycles. The molecule has 1 aliphatic heterocycles. The molecule has 1 aromatic rings. The van der Waals surface area contributed by atoms with E-state index in [0.29, 0.717) is 50.5 Å². The third-order valence-corrected chi connectivity index (χ3v) is 17.0. The third kappa shape index (κ3) is 26.1. The molecule has 11 unspecified atom stereocenters. The number of carbonyl (C=O) groups is 11. The van der Waals surface area contributed by atoms with Gasteiger partial charge < -0.3 is 60.8 Å². The summed E-state index contributed by atoms with van der Waals surface area (Å²) < 4.78 is 13.0. The van der Waals surface area contributed by atoms with Crippen molar-refractivity contribution in [2.75, 3.05) is 73.4 Å². The number of nitrogens with one attached hydrogen (secondary N) is 5. The Hall–Kier alpha value is -6.48. The number of carbonyl (C=O) groups excluding carboxylic acids is 11. The SMILES string of the molecule is CCCC1C(=O)NC(C)(C=O)OC(C(C)C)C(=O)N(C)C(C=O)(CC(C)C)NCC(C)CCC(=O)NCCC(CC(=O)NC)OC(CC(N)=O)C(CCN(C)c2ccccn2)CCC(O)CC(=O)N(C)CC(=O)N(C)C(C=O)(CC(C)C)NC(CC(C)C)C(=O)N1C. The minimum Gasteiger partial charge on any atom is -0.393 e. The van der Waals surface area contributed by atoms with Gasteiger partial charge >= 0.3 is 0 Å². The van der Waals surface area contributed by atoms with E-state index in [1.54, 1.807) is 26.1 Å². The van der Waals surface area contributed by atoms with E-state index in [9.17, 15) is 53.1 Å². The first-order valence-electron chi connectivity index (χ1n) is 32.7. The van der Waals surface area contributed by atoms with Crippen molar-refractivity contribution in [1.82, 2.24) is 51.2 Å². The highest BCUT2D eigenvalue weighted by Crippen LogP contribution is 2.30. The summed E-state index contributed by atoms with van der Waals surface area (Å²) in [5.41, 5.74) is 0.299. The highest BCUT2D eigenvalue weighted by Gasteiger charge is 2.47. The summed E-state index contributed by atoms with van der Waals surface area (Å²) in [6.45, 7) is 19.7. The number of anilines is 1. The number of hydrogen-bond acceptors (Lipinski definition) is 18. The zero-order valence-electron chi connectivity index (χ0n) is 58.2. The summed E-state index contributed by atoms with van der Waals surface area (Å²) >= 11 is 0. The lowest BCUT2D eigenvalue weighted by Gasteiger charge is -2.44. The van der Waals surface area contributed by atoms with Crippen LogP contribution in [0.5, 0.6) is 0 Å². The average Bonchev–Trinajstić information content (AvgIpc) is 0.842. The van der Waals surface area contributed by atoms with E-state index in [2.05, 4.69) is 31.6 Å². The van der Waals surface area contributed by atoms with Gasteiger partial charge in [-0.05, 0) is 112 Å². The molecule has 11 atom stereocenters. The first-order chi connectivity index (χ1) is 43.1. The summed E-state index contributed by atoms with van der Waals surface area (Å²) in [5.74, 6) is -5.93. The van der Waals surface area contributed by atoms with Crippen molar-refractivity contribution in [2.24, 2.45) is 41.2 Å². The van der Waals surface area contributed by atoms with Gasteiger partial charge in [-0.25, -0.2) is 4.98 Å². The zero-order chi connectivity index (χ0) is 69.8. The molecule has 0 aromatic carbocycles. The molecular formula is C66H114N12O14. The average molecular weight is 1300 g/mol. The number of amides is 8. The predicted molar refractivity (Wildman–Crippen MR) is 350 cm³/mol. The van der Waals surface area contributed by atoms with E-state index in [1.807, 2.05) is 79.5 Å². The summed E-state index contributed by atoms with van der Waals surface area (Å²) in [6, 6.07) is 3.06. The van der Waals surface area contributed by atoms with E-state index >= 15 is 4.79 Å². The Morgan fingerprint density at radius 3 is 2.03 bits per heavy atom. The smallest absolute Gasteiger partial charge is 0.253 e. The Balaban J connectivity index is 2.85. The van der Waals surface area contributed by atoms with Crippen LogP contribution in [0.2, 0.25) is 0 Å². The van der Waals surface area contributed by atoms with E-state index < -0.39 is 114 Å². The molecule has 8 amide bonds. The number of aliphatic hydroxyl groups excluding tert-OH is 1. The van der Waals surface area contributed by atoms with E-state index in [4.69, 9.17) is 15.2 Å². The molecule has 1 aliphatic rings. The molecule has 8 N–H and O–H groups in total. The van der Waals surface area contributed by atoms with Gasteiger partial charge in [0.2, 0.25) is 41.4 Å². The molecule has 2 rings (SSSR count). The Labute approximate surface area is 547 Å². The maximum absolute atomic E-state index is 15.0. The minimum absolute atomic E-state index is 0.0164. The van der Waals surface area contributed by atoms with E-state index in [-0.39, 0.29) is 113 Å². The molecule has 1 fully saturated rings. The first-order valence-corrected chi connectivity index (χ1v) is 32.7. The zero-order valence-corrected chi connectivity index (χ0v) is 58.2. The van der Waals surface area contributed by atoms with Crippen molar-refractivity contribution < 1.29 is 67.3 Å². The lowest BCUT2D eigenvalue weighted by atomic mass is 9.88. The van der Waals surface area contributed by atoms with Crippen LogP contribution in [0, 0.1) is 35.5 Å². The van der Waals surface area contributed by atoms with Crippen molar-refractivity contribution in [1.29, 1.82) is 0 Å². The first kappa shape index (κ1) is 81.6. The van der Waals surface area contributed by atoms with Gasteiger partial charge in [-0.2, -0.15) is 0 Å². The van der Waals surface area contributed by atoms with Gasteiger partial charge in [-0.3, -0.25) is 63.4 Å². The van der Waals surface area contributed by atoms with Crippen LogP contribution >= 0.6 is 0 Å². The van der Waals surface area contributed by atoms with Gasteiger partial charge in [0.05, 0.1) is 50.2 Å². The van der Waals surface area contributed by atoms with Gasteiger partial charge in [0.1, 0.15) is 18.0 Å². The quantitative estimate of drug-likeness (QED) is 0.0921. The highest BCUT2D eigenvalue weighted by molar-refractivity contribution is 5.92. The molecule has 92 heavy (non-hydrogen) atoms. The van der Waals surface area contributed by atoms with Gasteiger partial charge in [-0.1, -0.05) is 81.7 Å². The fourth-order valence-electron chi connectivity index (χ4n) is 11.5. The standard InChI is InChI=1S/C66H114N12O14/c1-18-21-52-61(88)73-64(11,40-79)92-60(46(8)9)63(90)78(17)65(41-80,36-44(4)5)71-38-47(10)23-26-56(84)70-30-27-50(34-57(85)68-12)91-53(35-54(67)83)48(28-31-74(13)55-22-19-20-29-69-55)24-25-49(82)33-58(86)75(14)39-59(87)77(16)66(42-81,37-45(6)7)72-51(32-43(2)3)62(89)76(52)15/h19-20,22,29,40-53,60,71-72,82H,18,21,23-28,30-39H2,1-17H3,(H2,67,83)(H,68,85)(H,70,84)(H,73,88). The van der Waals surface area contributed by atoms with Crippen molar-refractivity contribution in [3.05, 3.63) is 24.4 Å². The molecule has 0 aliphatic carbocycles. The largest absolute Gasteiger partial charge is 0.393 e. The van der Waals surface area contributed by atoms with Crippen LogP contribution in [-0.2, 0) is 62.2 Å². The Morgan fingerprint density at radius 1 is 0.848 bits per heavy atom. The normalized spacial score (nSPS) is 28.1. The van der Waals surface area contributed by atoms with Crippen molar-refractivity contribution >= 4 is 71.9 Å². The summed E-state index contributed by atoms with van der Waals surface area (Å²) in [4.78, 5) is 164. The minimum atomic E-state index is -2.15. The summed E-state index contributed by atoms with van der Waals surface area (Å²) in [7, 11) is 8.99. The second-order valence-corrected chi connectivity index (χ2v) is 27.1. The number of nitrogens with zero attached hydrogens (tertiary/aromatic N) is 6. The fraction of sp³-hybridized carbons (Fsp3) is 0.758. The van der Waals surface area contributed by atoms with Crippen LogP contribution in [0.15, 0.2) is 24.4 Å². The van der Waals surface area contributed by atoms with Crippen molar-refractivity contribution in [2.45, 2.75) is 220 Å². The lowest BCUT2D eigenvalue weighted by Crippen LogP contribution is -2.68. The molecule has 522 valence electrons. The molecule has 0 spiro atoms. The fourth-order valence-corrected chi connectivity index (χ4v) is 11.5. The number of rotatable bonds is 20. The van der Waals surface area contributed by atoms with Gasteiger partial charge in [0.25, 0.3) is 5.91 Å². The third-order valence-electron chi connectivity index (χ3n) is 17.0. The number of ether oxygens (including phenoxy) is 2. The number of hydrogen-bond donors (Lipinski definition) is 7. The molecule has 0 bridgehead atoms. The van der Waals surface area contributed by atoms with Crippen LogP contribution in [0.25, 0.3) is 0 Å². The number of likely N-dealkylation sites (N-methyl/N-ethyl adjacent to an activating group) is 4. The van der Waals surface area contributed by atoms with Crippen LogP contribution < -0.4 is 37.2 Å². The van der Waals surface area contributed by atoms with Crippen LogP contribution in [0.1, 0.15) is 166 Å². The number of primary amides is 1. The monoisotopic (exact) mass is 1300 g/mol. The van der Waals surface area contributed by atoms with E-state index in [0.717, 1.165) is 9.80 Å². The molecule has 26 nitrogen and oxygen atoms in total. The Morgan fingerprint density at radius 2 is 1.49 bits per heavy atom. The molecule has 1 saturated heterocycles. The van der Waals surface area contributed by atoms with Crippen molar-refractivity contribution in [3.8, 4) is 0 Å². The molecular weight excluding hydrogens is 1180 g/mol. The Kier molecular flexibility index (Phi) is 34.8. The predicted octanol–water partition coefficient (Wildman–Crippen LogP) is 3.31. The van der Waals surface area contributed by atoms with Crippen LogP contribution in [0.3, 0.4) is 0 Å². The Bertz CT molecular complexity index is 2550. The number of aromatic nitrogens is 1.